The van der Waals surface area contributed by atoms with Crippen LogP contribution in [0, 0.1) is 13.8 Å². The highest BCUT2D eigenvalue weighted by atomic mass is 32.2. The van der Waals surface area contributed by atoms with Crippen LogP contribution in [0.2, 0.25) is 0 Å². The smallest absolute Gasteiger partial charge is 0.250 e. The van der Waals surface area contributed by atoms with Crippen molar-refractivity contribution in [3.63, 3.8) is 0 Å². The normalized spacial score (nSPS) is 15.7. The standard InChI is InChI=1S/C19H24N8O4S/c1-13-17(15(3)31-21-13)32(29,30)22-14(2)18(28)25-9-11-26(12-10-25)19-20-23-24-27(19)16-7-5-4-6-8-16/h4-8,14,22H,9-12H2,1-3H3/t14-/m0/s1. The highest BCUT2D eigenvalue weighted by Crippen LogP contribution is 2.20. The average Bonchev–Trinajstić information content (AvgIpc) is 3.40. The van der Waals surface area contributed by atoms with Gasteiger partial charge in [0.2, 0.25) is 21.9 Å². The fourth-order valence-corrected chi connectivity index (χ4v) is 5.24. The van der Waals surface area contributed by atoms with Gasteiger partial charge in [-0.15, -0.1) is 0 Å². The van der Waals surface area contributed by atoms with E-state index in [4.69, 9.17) is 4.52 Å². The summed E-state index contributed by atoms with van der Waals surface area (Å²) in [6.45, 7) is 6.45. The third-order valence-corrected chi connectivity index (χ3v) is 7.05. The summed E-state index contributed by atoms with van der Waals surface area (Å²) in [5.41, 5.74) is 1.09. The van der Waals surface area contributed by atoms with Gasteiger partial charge in [0.1, 0.15) is 10.6 Å². The number of hydrogen-bond donors (Lipinski definition) is 1. The monoisotopic (exact) mass is 460 g/mol. The quantitative estimate of drug-likeness (QED) is 0.549. The zero-order valence-electron chi connectivity index (χ0n) is 18.0. The second kappa shape index (κ2) is 8.67. The van der Waals surface area contributed by atoms with Gasteiger partial charge < -0.3 is 14.3 Å². The number of sulfonamides is 1. The van der Waals surface area contributed by atoms with E-state index in [9.17, 15) is 13.2 Å². The first-order valence-corrected chi connectivity index (χ1v) is 11.6. The molecule has 0 spiro atoms. The van der Waals surface area contributed by atoms with Crippen molar-refractivity contribution >= 4 is 21.9 Å². The number of rotatable bonds is 6. The number of aryl methyl sites for hydroxylation is 2. The largest absolute Gasteiger partial charge is 0.360 e. The van der Waals surface area contributed by atoms with E-state index >= 15 is 0 Å². The number of nitrogens with one attached hydrogen (secondary N) is 1. The molecule has 1 aliphatic rings. The summed E-state index contributed by atoms with van der Waals surface area (Å²) in [5.74, 6) is 0.470. The number of carbonyl (C=O) groups is 1. The summed E-state index contributed by atoms with van der Waals surface area (Å²) in [5, 5.41) is 15.7. The Morgan fingerprint density at radius 1 is 1.12 bits per heavy atom. The molecule has 0 radical (unpaired) electrons. The molecule has 3 heterocycles. The highest BCUT2D eigenvalue weighted by molar-refractivity contribution is 7.89. The number of benzene rings is 1. The summed E-state index contributed by atoms with van der Waals surface area (Å²) in [6.07, 6.45) is 0. The van der Waals surface area contributed by atoms with E-state index in [2.05, 4.69) is 25.4 Å². The maximum Gasteiger partial charge on any atom is 0.250 e. The van der Waals surface area contributed by atoms with Gasteiger partial charge in [-0.25, -0.2) is 8.42 Å². The first kappa shape index (κ1) is 21.9. The van der Waals surface area contributed by atoms with Crippen LogP contribution in [0.15, 0.2) is 39.8 Å². The molecule has 4 rings (SSSR count). The Morgan fingerprint density at radius 3 is 2.44 bits per heavy atom. The molecule has 1 N–H and O–H groups in total. The molecule has 13 heteroatoms. The lowest BCUT2D eigenvalue weighted by atomic mass is 10.2. The molecule has 0 unspecified atom stereocenters. The number of piperazine rings is 1. The zero-order chi connectivity index (χ0) is 22.9. The minimum Gasteiger partial charge on any atom is -0.360 e. The van der Waals surface area contributed by atoms with Gasteiger partial charge in [-0.2, -0.15) is 9.40 Å². The SMILES string of the molecule is Cc1noc(C)c1S(=O)(=O)N[C@@H](C)C(=O)N1CCN(c2nnnn2-c2ccccc2)CC1. The molecule has 32 heavy (non-hydrogen) atoms. The van der Waals surface area contributed by atoms with Gasteiger partial charge in [-0.3, -0.25) is 4.79 Å². The van der Waals surface area contributed by atoms with E-state index in [1.54, 1.807) is 16.5 Å². The first-order chi connectivity index (χ1) is 15.3. The van der Waals surface area contributed by atoms with E-state index in [0.29, 0.717) is 32.1 Å². The molecule has 170 valence electrons. The highest BCUT2D eigenvalue weighted by Gasteiger charge is 2.32. The third kappa shape index (κ3) is 4.21. The number of para-hydroxylation sites is 1. The molecular formula is C19H24N8O4S. The van der Waals surface area contributed by atoms with Crippen LogP contribution < -0.4 is 9.62 Å². The molecular weight excluding hydrogens is 436 g/mol. The van der Waals surface area contributed by atoms with Crippen LogP contribution >= 0.6 is 0 Å². The molecule has 0 saturated carbocycles. The van der Waals surface area contributed by atoms with Gasteiger partial charge in [0.05, 0.1) is 11.7 Å². The minimum absolute atomic E-state index is 0.0327. The Labute approximate surface area is 185 Å². The van der Waals surface area contributed by atoms with E-state index < -0.39 is 16.1 Å². The molecule has 1 fully saturated rings. The third-order valence-electron chi connectivity index (χ3n) is 5.27. The van der Waals surface area contributed by atoms with Gasteiger partial charge in [0.25, 0.3) is 0 Å². The lowest BCUT2D eigenvalue weighted by Gasteiger charge is -2.36. The van der Waals surface area contributed by atoms with Crippen molar-refractivity contribution in [2.24, 2.45) is 0 Å². The van der Waals surface area contributed by atoms with Crippen LogP contribution in [0.5, 0.6) is 0 Å². The molecule has 0 aliphatic carbocycles. The lowest BCUT2D eigenvalue weighted by Crippen LogP contribution is -2.54. The van der Waals surface area contributed by atoms with Crippen LogP contribution in [0.3, 0.4) is 0 Å². The van der Waals surface area contributed by atoms with E-state index in [-0.39, 0.29) is 22.3 Å². The number of hydrogen-bond acceptors (Lipinski definition) is 9. The van der Waals surface area contributed by atoms with Crippen LogP contribution in [0.25, 0.3) is 5.69 Å². The van der Waals surface area contributed by atoms with Crippen LogP contribution in [-0.2, 0) is 14.8 Å². The van der Waals surface area contributed by atoms with Crippen molar-refractivity contribution < 1.29 is 17.7 Å². The molecule has 1 atom stereocenters. The maximum atomic E-state index is 12.9. The number of carbonyl (C=O) groups excluding carboxylic acids is 1. The van der Waals surface area contributed by atoms with Gasteiger partial charge in [0.15, 0.2) is 5.76 Å². The van der Waals surface area contributed by atoms with Gasteiger partial charge >= 0.3 is 0 Å². The number of aromatic nitrogens is 5. The Kier molecular flexibility index (Phi) is 5.93. The average molecular weight is 461 g/mol. The van der Waals surface area contributed by atoms with Crippen molar-refractivity contribution in [2.75, 3.05) is 31.1 Å². The van der Waals surface area contributed by atoms with Crippen molar-refractivity contribution in [2.45, 2.75) is 31.7 Å². The number of tetrazole rings is 1. The molecule has 1 saturated heterocycles. The van der Waals surface area contributed by atoms with E-state index in [1.165, 1.54) is 13.8 Å². The van der Waals surface area contributed by atoms with Crippen LogP contribution in [0.4, 0.5) is 5.95 Å². The van der Waals surface area contributed by atoms with Gasteiger partial charge in [0, 0.05) is 26.2 Å². The second-order valence-electron chi connectivity index (χ2n) is 7.53. The van der Waals surface area contributed by atoms with E-state index in [0.717, 1.165) is 5.69 Å². The number of amides is 1. The summed E-state index contributed by atoms with van der Waals surface area (Å²) in [7, 11) is -3.94. The Morgan fingerprint density at radius 2 is 1.81 bits per heavy atom. The fourth-order valence-electron chi connectivity index (χ4n) is 3.72. The molecule has 3 aromatic rings. The molecule has 1 aliphatic heterocycles. The Hall–Kier alpha value is -3.32. The lowest BCUT2D eigenvalue weighted by molar-refractivity contribution is -0.132. The van der Waals surface area contributed by atoms with Crippen LogP contribution in [0.1, 0.15) is 18.4 Å². The van der Waals surface area contributed by atoms with Gasteiger partial charge in [-0.05, 0) is 43.3 Å². The molecule has 2 aromatic heterocycles. The second-order valence-corrected chi connectivity index (χ2v) is 9.19. The summed E-state index contributed by atoms with van der Waals surface area (Å²) < 4.78 is 34.4. The van der Waals surface area contributed by atoms with Crippen LogP contribution in [-0.4, -0.2) is 76.8 Å². The van der Waals surface area contributed by atoms with Crippen molar-refractivity contribution in [1.29, 1.82) is 0 Å². The topological polar surface area (TPSA) is 139 Å². The van der Waals surface area contributed by atoms with Crippen molar-refractivity contribution in [3.05, 3.63) is 41.8 Å². The number of anilines is 1. The first-order valence-electron chi connectivity index (χ1n) is 10.1. The van der Waals surface area contributed by atoms with Gasteiger partial charge in [-0.1, -0.05) is 28.5 Å². The molecule has 12 nitrogen and oxygen atoms in total. The predicted molar refractivity (Wildman–Crippen MR) is 114 cm³/mol. The Balaban J connectivity index is 1.40. The fraction of sp³-hybridized carbons (Fsp3) is 0.421. The molecule has 1 amide bonds. The Bertz CT molecular complexity index is 1180. The predicted octanol–water partition coefficient (Wildman–Crippen LogP) is 0.283. The zero-order valence-corrected chi connectivity index (χ0v) is 18.8. The minimum atomic E-state index is -3.94. The summed E-state index contributed by atoms with van der Waals surface area (Å²) in [4.78, 5) is 16.5. The molecule has 0 bridgehead atoms. The van der Waals surface area contributed by atoms with Crippen molar-refractivity contribution in [3.8, 4) is 5.69 Å². The summed E-state index contributed by atoms with van der Waals surface area (Å²) in [6, 6.07) is 8.61. The van der Waals surface area contributed by atoms with Crippen molar-refractivity contribution in [1.82, 2.24) is 35.0 Å². The number of nitrogens with zero attached hydrogens (tertiary/aromatic N) is 7. The maximum absolute atomic E-state index is 12.9. The molecule has 1 aromatic carbocycles. The summed E-state index contributed by atoms with van der Waals surface area (Å²) >= 11 is 0. The van der Waals surface area contributed by atoms with E-state index in [1.807, 2.05) is 35.2 Å².